The first-order chi connectivity index (χ1) is 13.8. The summed E-state index contributed by atoms with van der Waals surface area (Å²) in [5.74, 6) is -0.215. The number of sulfonamides is 1. The van der Waals surface area contributed by atoms with Gasteiger partial charge >= 0.3 is 0 Å². The minimum absolute atomic E-state index is 0.156. The molecule has 3 rings (SSSR count). The second-order valence-corrected chi connectivity index (χ2v) is 9.23. The number of carbonyl (C=O) groups excluding carboxylic acids is 1. The van der Waals surface area contributed by atoms with Crippen LogP contribution in [0.5, 0.6) is 0 Å². The SMILES string of the molecule is Cc1cc(C)cc(N(C)CC(=O)Nc2cccc(S(=O)(=O)N3CCOCC3)c2)c1. The molecule has 7 nitrogen and oxygen atoms in total. The number of ether oxygens (including phenoxy) is 1. The number of carbonyl (C=O) groups is 1. The molecule has 0 aliphatic carbocycles. The number of likely N-dealkylation sites (N-methyl/N-ethyl adjacent to an activating group) is 1. The summed E-state index contributed by atoms with van der Waals surface area (Å²) in [5, 5.41) is 2.80. The topological polar surface area (TPSA) is 79.0 Å². The van der Waals surface area contributed by atoms with Crippen LogP contribution >= 0.6 is 0 Å². The Kier molecular flexibility index (Phi) is 6.56. The van der Waals surface area contributed by atoms with E-state index in [0.29, 0.717) is 32.0 Å². The third-order valence-corrected chi connectivity index (χ3v) is 6.65. The standard InChI is InChI=1S/C21H27N3O4S/c1-16-11-17(2)13-19(12-16)23(3)15-21(25)22-18-5-4-6-20(14-18)29(26,27)24-7-9-28-10-8-24/h4-6,11-14H,7-10,15H2,1-3H3,(H,22,25). The van der Waals surface area contributed by atoms with Gasteiger partial charge in [-0.2, -0.15) is 4.31 Å². The highest BCUT2D eigenvalue weighted by molar-refractivity contribution is 7.89. The summed E-state index contributed by atoms with van der Waals surface area (Å²) in [6, 6.07) is 12.5. The lowest BCUT2D eigenvalue weighted by atomic mass is 10.1. The molecule has 2 aromatic carbocycles. The molecule has 1 saturated heterocycles. The first-order valence-corrected chi connectivity index (χ1v) is 11.0. The van der Waals surface area contributed by atoms with Crippen LogP contribution in [0.15, 0.2) is 47.4 Å². The van der Waals surface area contributed by atoms with Crippen LogP contribution in [0.4, 0.5) is 11.4 Å². The Hall–Kier alpha value is -2.42. The molecule has 1 fully saturated rings. The second-order valence-electron chi connectivity index (χ2n) is 7.29. The van der Waals surface area contributed by atoms with Gasteiger partial charge in [0.15, 0.2) is 0 Å². The van der Waals surface area contributed by atoms with Crippen molar-refractivity contribution in [2.45, 2.75) is 18.7 Å². The van der Waals surface area contributed by atoms with Gasteiger partial charge < -0.3 is 15.0 Å². The molecule has 0 radical (unpaired) electrons. The van der Waals surface area contributed by atoms with Crippen LogP contribution in [0, 0.1) is 13.8 Å². The molecule has 1 aliphatic rings. The molecule has 29 heavy (non-hydrogen) atoms. The molecule has 8 heteroatoms. The van der Waals surface area contributed by atoms with E-state index in [1.807, 2.05) is 37.9 Å². The van der Waals surface area contributed by atoms with E-state index in [9.17, 15) is 13.2 Å². The lowest BCUT2D eigenvalue weighted by Gasteiger charge is -2.26. The fraction of sp³-hybridized carbons (Fsp3) is 0.381. The Labute approximate surface area is 172 Å². The average Bonchev–Trinajstić information content (AvgIpc) is 2.68. The van der Waals surface area contributed by atoms with Crippen LogP contribution in [-0.2, 0) is 19.6 Å². The van der Waals surface area contributed by atoms with Crippen molar-refractivity contribution in [3.8, 4) is 0 Å². The highest BCUT2D eigenvalue weighted by atomic mass is 32.2. The third-order valence-electron chi connectivity index (χ3n) is 4.75. The number of hydrogen-bond acceptors (Lipinski definition) is 5. The van der Waals surface area contributed by atoms with Gasteiger partial charge in [0, 0.05) is 31.5 Å². The minimum atomic E-state index is -3.60. The van der Waals surface area contributed by atoms with Crippen molar-refractivity contribution in [2.24, 2.45) is 0 Å². The lowest BCUT2D eigenvalue weighted by Crippen LogP contribution is -2.40. The monoisotopic (exact) mass is 417 g/mol. The van der Waals surface area contributed by atoms with Crippen molar-refractivity contribution in [3.63, 3.8) is 0 Å². The molecule has 0 bridgehead atoms. The van der Waals surface area contributed by atoms with E-state index in [1.54, 1.807) is 18.2 Å². The van der Waals surface area contributed by atoms with E-state index < -0.39 is 10.0 Å². The van der Waals surface area contributed by atoms with E-state index in [4.69, 9.17) is 4.74 Å². The van der Waals surface area contributed by atoms with E-state index in [-0.39, 0.29) is 17.3 Å². The van der Waals surface area contributed by atoms with Gasteiger partial charge in [-0.3, -0.25) is 4.79 Å². The molecular weight excluding hydrogens is 390 g/mol. The fourth-order valence-electron chi connectivity index (χ4n) is 3.35. The van der Waals surface area contributed by atoms with Crippen LogP contribution < -0.4 is 10.2 Å². The first kappa shape index (κ1) is 21.3. The molecule has 1 amide bonds. The fourth-order valence-corrected chi connectivity index (χ4v) is 4.80. The Morgan fingerprint density at radius 3 is 2.41 bits per heavy atom. The van der Waals surface area contributed by atoms with Gasteiger partial charge in [0.2, 0.25) is 15.9 Å². The summed E-state index contributed by atoms with van der Waals surface area (Å²) in [6.45, 7) is 5.64. The van der Waals surface area contributed by atoms with Crippen LogP contribution in [0.25, 0.3) is 0 Å². The first-order valence-electron chi connectivity index (χ1n) is 9.53. The van der Waals surface area contributed by atoms with Crippen molar-refractivity contribution in [2.75, 3.05) is 50.1 Å². The molecule has 0 saturated carbocycles. The van der Waals surface area contributed by atoms with Crippen LogP contribution in [0.2, 0.25) is 0 Å². The lowest BCUT2D eigenvalue weighted by molar-refractivity contribution is -0.114. The molecule has 0 aromatic heterocycles. The predicted octanol–water partition coefficient (Wildman–Crippen LogP) is 2.40. The summed E-state index contributed by atoms with van der Waals surface area (Å²) in [7, 11) is -1.75. The van der Waals surface area contributed by atoms with Gasteiger partial charge in [-0.15, -0.1) is 0 Å². The van der Waals surface area contributed by atoms with Gasteiger partial charge in [0.05, 0.1) is 24.7 Å². The maximum Gasteiger partial charge on any atom is 0.243 e. The number of morpholine rings is 1. The van der Waals surface area contributed by atoms with Gasteiger partial charge in [-0.25, -0.2) is 8.42 Å². The number of aryl methyl sites for hydroxylation is 2. The Morgan fingerprint density at radius 1 is 1.10 bits per heavy atom. The molecular formula is C21H27N3O4S. The summed E-state index contributed by atoms with van der Waals surface area (Å²) in [6.07, 6.45) is 0. The van der Waals surface area contributed by atoms with E-state index in [2.05, 4.69) is 11.4 Å². The third kappa shape index (κ3) is 5.35. The van der Waals surface area contributed by atoms with Crippen molar-refractivity contribution >= 4 is 27.3 Å². The number of hydrogen-bond donors (Lipinski definition) is 1. The quantitative estimate of drug-likeness (QED) is 0.781. The normalized spacial score (nSPS) is 15.1. The molecule has 156 valence electrons. The van der Waals surface area contributed by atoms with Crippen LogP contribution in [0.3, 0.4) is 0 Å². The summed E-state index contributed by atoms with van der Waals surface area (Å²) in [5.41, 5.74) is 3.68. The van der Waals surface area contributed by atoms with Crippen molar-refractivity contribution in [1.29, 1.82) is 0 Å². The summed E-state index contributed by atoms with van der Waals surface area (Å²) < 4.78 is 32.2. The largest absolute Gasteiger partial charge is 0.379 e. The highest BCUT2D eigenvalue weighted by Crippen LogP contribution is 2.21. The molecule has 1 heterocycles. The molecule has 0 atom stereocenters. The summed E-state index contributed by atoms with van der Waals surface area (Å²) in [4.78, 5) is 14.5. The number of amides is 1. The van der Waals surface area contributed by atoms with Crippen LogP contribution in [-0.4, -0.2) is 58.5 Å². The zero-order valence-corrected chi connectivity index (χ0v) is 17.8. The highest BCUT2D eigenvalue weighted by Gasteiger charge is 2.26. The van der Waals surface area contributed by atoms with Gasteiger partial charge in [-0.1, -0.05) is 12.1 Å². The minimum Gasteiger partial charge on any atom is -0.379 e. The molecule has 0 unspecified atom stereocenters. The molecule has 1 aliphatic heterocycles. The summed E-state index contributed by atoms with van der Waals surface area (Å²) >= 11 is 0. The van der Waals surface area contributed by atoms with E-state index >= 15 is 0 Å². The smallest absolute Gasteiger partial charge is 0.243 e. The number of benzene rings is 2. The maximum atomic E-state index is 12.8. The maximum absolute atomic E-state index is 12.8. The second kappa shape index (κ2) is 8.94. The van der Waals surface area contributed by atoms with E-state index in [1.165, 1.54) is 10.4 Å². The number of anilines is 2. The van der Waals surface area contributed by atoms with E-state index in [0.717, 1.165) is 16.8 Å². The number of rotatable bonds is 6. The van der Waals surface area contributed by atoms with Crippen molar-refractivity contribution < 1.29 is 17.9 Å². The van der Waals surface area contributed by atoms with Gasteiger partial charge in [0.25, 0.3) is 0 Å². The van der Waals surface area contributed by atoms with Gasteiger partial charge in [0.1, 0.15) is 0 Å². The number of nitrogens with one attached hydrogen (secondary N) is 1. The average molecular weight is 418 g/mol. The Balaban J connectivity index is 1.68. The Bertz CT molecular complexity index is 965. The van der Waals surface area contributed by atoms with Gasteiger partial charge in [-0.05, 0) is 55.3 Å². The van der Waals surface area contributed by atoms with Crippen LogP contribution in [0.1, 0.15) is 11.1 Å². The predicted molar refractivity (Wildman–Crippen MR) is 114 cm³/mol. The van der Waals surface area contributed by atoms with Crippen molar-refractivity contribution in [3.05, 3.63) is 53.6 Å². The molecule has 1 N–H and O–H groups in total. The molecule has 0 spiro atoms. The molecule has 2 aromatic rings. The Morgan fingerprint density at radius 2 is 1.76 bits per heavy atom. The zero-order valence-electron chi connectivity index (χ0n) is 17.0. The zero-order chi connectivity index (χ0) is 21.0. The number of nitrogens with zero attached hydrogens (tertiary/aromatic N) is 2. The van der Waals surface area contributed by atoms with Crippen molar-refractivity contribution in [1.82, 2.24) is 4.31 Å².